The summed E-state index contributed by atoms with van der Waals surface area (Å²) in [5.74, 6) is -2.45. The van der Waals surface area contributed by atoms with Crippen LogP contribution in [0.25, 0.3) is 22.6 Å². The predicted molar refractivity (Wildman–Crippen MR) is 149 cm³/mol. The Kier molecular flexibility index (Phi) is 7.52. The molecule has 214 valence electrons. The minimum atomic E-state index is -2.94. The number of imidazole rings is 1. The van der Waals surface area contributed by atoms with Gasteiger partial charge in [-0.05, 0) is 50.7 Å². The van der Waals surface area contributed by atoms with Crippen molar-refractivity contribution in [3.8, 4) is 11.4 Å². The largest absolute Gasteiger partial charge is 0.358 e. The molecule has 0 spiro atoms. The van der Waals surface area contributed by atoms with Gasteiger partial charge in [-0.15, -0.1) is 0 Å². The van der Waals surface area contributed by atoms with Gasteiger partial charge in [-0.1, -0.05) is 31.5 Å². The maximum absolute atomic E-state index is 13.9. The molecule has 0 unspecified atom stereocenters. The molecule has 1 aromatic carbocycles. The van der Waals surface area contributed by atoms with E-state index in [1.54, 1.807) is 40.9 Å². The second-order valence-electron chi connectivity index (χ2n) is 10.7. The Labute approximate surface area is 231 Å². The van der Waals surface area contributed by atoms with Gasteiger partial charge >= 0.3 is 5.69 Å². The van der Waals surface area contributed by atoms with Crippen LogP contribution >= 0.6 is 0 Å². The maximum atomic E-state index is 13.9. The van der Waals surface area contributed by atoms with Crippen LogP contribution in [-0.4, -0.2) is 35.6 Å². The lowest BCUT2D eigenvalue weighted by molar-refractivity contribution is -0.101. The minimum Gasteiger partial charge on any atom is -0.358 e. The van der Waals surface area contributed by atoms with Crippen LogP contribution in [-0.2, 0) is 36.0 Å². The Morgan fingerprint density at radius 3 is 2.50 bits per heavy atom. The lowest BCUT2D eigenvalue weighted by Gasteiger charge is -2.38. The van der Waals surface area contributed by atoms with Crippen molar-refractivity contribution >= 4 is 11.2 Å². The van der Waals surface area contributed by atoms with E-state index in [-0.39, 0.29) is 23.4 Å². The van der Waals surface area contributed by atoms with Crippen molar-refractivity contribution in [3.63, 3.8) is 0 Å². The number of fused-ring (bicyclic) bond motifs is 1. The number of hydrogen-bond acceptors (Lipinski definition) is 5. The topological polar surface area (TPSA) is 88.9 Å². The zero-order chi connectivity index (χ0) is 28.7. The van der Waals surface area contributed by atoms with Crippen LogP contribution in [0, 0.1) is 0 Å². The maximum Gasteiger partial charge on any atom is 0.332 e. The van der Waals surface area contributed by atoms with Crippen LogP contribution in [0.4, 0.5) is 8.78 Å². The molecule has 0 amide bonds. The number of methoxy groups -OCH3 is 1. The van der Waals surface area contributed by atoms with Crippen LogP contribution in [0.2, 0.25) is 0 Å². The zero-order valence-corrected chi connectivity index (χ0v) is 23.5. The first-order chi connectivity index (χ1) is 19.1. The number of aryl methyl sites for hydroxylation is 1. The Balaban J connectivity index is 1.70. The zero-order valence-electron chi connectivity index (χ0n) is 23.5. The molecule has 1 aliphatic rings. The van der Waals surface area contributed by atoms with Crippen LogP contribution in [0.1, 0.15) is 70.4 Å². The van der Waals surface area contributed by atoms with Gasteiger partial charge in [0.25, 0.3) is 11.5 Å². The average Bonchev–Trinajstić information content (AvgIpc) is 3.57. The second-order valence-corrected chi connectivity index (χ2v) is 10.7. The fraction of sp³-hybridized carbons (Fsp3) is 0.517. The summed E-state index contributed by atoms with van der Waals surface area (Å²) in [6, 6.07) is 6.29. The van der Waals surface area contributed by atoms with Gasteiger partial charge in [-0.3, -0.25) is 23.2 Å². The lowest BCUT2D eigenvalue weighted by Crippen LogP contribution is -2.43. The molecule has 3 aromatic heterocycles. The van der Waals surface area contributed by atoms with Crippen molar-refractivity contribution in [2.24, 2.45) is 0 Å². The summed E-state index contributed by atoms with van der Waals surface area (Å²) in [5.41, 5.74) is 0.390. The highest BCUT2D eigenvalue weighted by Gasteiger charge is 2.39. The number of benzene rings is 1. The SMILES string of the molecule is CCCn1c(=O)c2c(nc(-c3cnn(Cc4cccc(C(C)(F)F)c4)c3)n2C2(OC)CCCCC2)n(CC)c1=O. The molecule has 5 rings (SSSR count). The number of rotatable bonds is 9. The summed E-state index contributed by atoms with van der Waals surface area (Å²) in [6.07, 6.45) is 8.42. The molecule has 0 aliphatic heterocycles. The second kappa shape index (κ2) is 10.8. The fourth-order valence-corrected chi connectivity index (χ4v) is 5.85. The van der Waals surface area contributed by atoms with Gasteiger partial charge in [0.2, 0.25) is 0 Å². The third-order valence-corrected chi connectivity index (χ3v) is 7.88. The molecular formula is C29H36F2N6O3. The number of halogens is 2. The van der Waals surface area contributed by atoms with Crippen molar-refractivity contribution in [2.45, 2.75) is 90.6 Å². The normalized spacial score (nSPS) is 15.7. The molecule has 0 bridgehead atoms. The summed E-state index contributed by atoms with van der Waals surface area (Å²) in [7, 11) is 1.65. The highest BCUT2D eigenvalue weighted by atomic mass is 19.3. The van der Waals surface area contributed by atoms with E-state index < -0.39 is 11.6 Å². The molecule has 1 saturated carbocycles. The third-order valence-electron chi connectivity index (χ3n) is 7.88. The van der Waals surface area contributed by atoms with Gasteiger partial charge < -0.3 is 4.74 Å². The van der Waals surface area contributed by atoms with Crippen molar-refractivity contribution in [1.82, 2.24) is 28.5 Å². The van der Waals surface area contributed by atoms with E-state index in [1.807, 2.05) is 18.4 Å². The Bertz CT molecular complexity index is 1640. The van der Waals surface area contributed by atoms with Crippen molar-refractivity contribution in [2.75, 3.05) is 7.11 Å². The smallest absolute Gasteiger partial charge is 0.332 e. The molecule has 3 heterocycles. The van der Waals surface area contributed by atoms with Crippen molar-refractivity contribution in [3.05, 3.63) is 68.6 Å². The van der Waals surface area contributed by atoms with E-state index in [2.05, 4.69) is 5.10 Å². The lowest BCUT2D eigenvalue weighted by atomic mass is 9.91. The van der Waals surface area contributed by atoms with Crippen LogP contribution in [0.15, 0.2) is 46.2 Å². The number of alkyl halides is 2. The molecule has 0 radical (unpaired) electrons. The van der Waals surface area contributed by atoms with E-state index in [9.17, 15) is 18.4 Å². The van der Waals surface area contributed by atoms with Gasteiger partial charge in [-0.2, -0.15) is 5.10 Å². The first kappa shape index (κ1) is 27.9. The number of hydrogen-bond donors (Lipinski definition) is 0. The van der Waals surface area contributed by atoms with Gasteiger partial charge in [0.1, 0.15) is 11.5 Å². The number of nitrogens with zero attached hydrogens (tertiary/aromatic N) is 6. The van der Waals surface area contributed by atoms with E-state index in [1.165, 1.54) is 16.7 Å². The quantitative estimate of drug-likeness (QED) is 0.288. The Morgan fingerprint density at radius 2 is 1.85 bits per heavy atom. The molecule has 4 aromatic rings. The highest BCUT2D eigenvalue weighted by Crippen LogP contribution is 2.40. The number of ether oxygens (including phenoxy) is 1. The molecule has 9 nitrogen and oxygen atoms in total. The number of aromatic nitrogens is 6. The molecule has 1 fully saturated rings. The van der Waals surface area contributed by atoms with Gasteiger partial charge in [0.15, 0.2) is 11.2 Å². The Hall–Kier alpha value is -3.60. The fourth-order valence-electron chi connectivity index (χ4n) is 5.85. The first-order valence-corrected chi connectivity index (χ1v) is 13.9. The van der Waals surface area contributed by atoms with Crippen molar-refractivity contribution in [1.29, 1.82) is 0 Å². The van der Waals surface area contributed by atoms with Gasteiger partial charge in [0, 0.05) is 38.9 Å². The van der Waals surface area contributed by atoms with E-state index >= 15 is 0 Å². The summed E-state index contributed by atoms with van der Waals surface area (Å²) in [5, 5.41) is 4.50. The van der Waals surface area contributed by atoms with Crippen molar-refractivity contribution < 1.29 is 13.5 Å². The van der Waals surface area contributed by atoms with Crippen LogP contribution in [0.5, 0.6) is 0 Å². The summed E-state index contributed by atoms with van der Waals surface area (Å²) in [4.78, 5) is 32.1. The standard InChI is InChI=1S/C29H36F2N6O3/c1-5-15-36-26(38)23-25(35(6-2)27(36)39)33-24(37(23)29(40-4)13-8-7-9-14-29)21-17-32-34(19-21)18-20-11-10-12-22(16-20)28(3,30)31/h10-12,16-17,19H,5-9,13-15,18H2,1-4H3. The molecule has 0 saturated heterocycles. The predicted octanol–water partition coefficient (Wildman–Crippen LogP) is 5.08. The average molecular weight is 555 g/mol. The molecule has 0 N–H and O–H groups in total. The van der Waals surface area contributed by atoms with E-state index in [0.717, 1.165) is 26.2 Å². The summed E-state index contributed by atoms with van der Waals surface area (Å²) in [6.45, 7) is 5.61. The Morgan fingerprint density at radius 1 is 1.10 bits per heavy atom. The monoisotopic (exact) mass is 554 g/mol. The molecule has 11 heteroatoms. The van der Waals surface area contributed by atoms with E-state index in [0.29, 0.717) is 60.5 Å². The molecule has 1 aliphatic carbocycles. The third kappa shape index (κ3) is 4.80. The molecule has 0 atom stereocenters. The molecule has 40 heavy (non-hydrogen) atoms. The van der Waals surface area contributed by atoms with Gasteiger partial charge in [-0.25, -0.2) is 18.6 Å². The summed E-state index contributed by atoms with van der Waals surface area (Å²) < 4.78 is 40.4. The van der Waals surface area contributed by atoms with Crippen LogP contribution in [0.3, 0.4) is 0 Å². The van der Waals surface area contributed by atoms with Gasteiger partial charge in [0.05, 0.1) is 18.3 Å². The minimum absolute atomic E-state index is 0.0561. The van der Waals surface area contributed by atoms with Crippen LogP contribution < -0.4 is 11.2 Å². The first-order valence-electron chi connectivity index (χ1n) is 13.9. The highest BCUT2D eigenvalue weighted by molar-refractivity contribution is 5.77. The summed E-state index contributed by atoms with van der Waals surface area (Å²) >= 11 is 0. The molecular weight excluding hydrogens is 518 g/mol. The van der Waals surface area contributed by atoms with E-state index in [4.69, 9.17) is 9.72 Å².